The molecule has 1 aliphatic heterocycles. The molecular weight excluding hydrogens is 258 g/mol. The minimum Gasteiger partial charge on any atom is -0.281 e. The van der Waals surface area contributed by atoms with E-state index in [9.17, 15) is 16.8 Å². The zero-order chi connectivity index (χ0) is 12.4. The van der Waals surface area contributed by atoms with Gasteiger partial charge in [0.25, 0.3) is 10.1 Å². The summed E-state index contributed by atoms with van der Waals surface area (Å²) in [4.78, 5) is 4.87. The zero-order valence-electron chi connectivity index (χ0n) is 9.12. The van der Waals surface area contributed by atoms with E-state index in [0.717, 1.165) is 4.47 Å². The van der Waals surface area contributed by atoms with Crippen molar-refractivity contribution in [2.45, 2.75) is 20.0 Å². The highest BCUT2D eigenvalue weighted by molar-refractivity contribution is 7.88. The van der Waals surface area contributed by atoms with Gasteiger partial charge in [0.2, 0.25) is 10.0 Å². The summed E-state index contributed by atoms with van der Waals surface area (Å²) in [5, 5.41) is 0. The van der Waals surface area contributed by atoms with Crippen LogP contribution in [-0.2, 0) is 29.2 Å². The Morgan fingerprint density at radius 1 is 1.25 bits per heavy atom. The number of nitrogens with zero attached hydrogens (tertiary/aromatic N) is 1. The van der Waals surface area contributed by atoms with Gasteiger partial charge in [-0.2, -0.15) is 8.42 Å². The summed E-state index contributed by atoms with van der Waals surface area (Å²) in [5.41, 5.74) is 0. The Morgan fingerprint density at radius 2 is 1.88 bits per heavy atom. The number of hydrogen-bond acceptors (Lipinski definition) is 6. The first kappa shape index (κ1) is 13.8. The van der Waals surface area contributed by atoms with Crippen molar-refractivity contribution in [3.8, 4) is 0 Å². The first-order valence-electron chi connectivity index (χ1n) is 4.85. The molecule has 0 aliphatic carbocycles. The Hall–Kier alpha value is -0.220. The van der Waals surface area contributed by atoms with Gasteiger partial charge in [-0.15, -0.1) is 0 Å². The summed E-state index contributed by atoms with van der Waals surface area (Å²) in [6.45, 7) is 2.77. The van der Waals surface area contributed by atoms with E-state index < -0.39 is 26.2 Å². The summed E-state index contributed by atoms with van der Waals surface area (Å²) in [6, 6.07) is 0. The molecule has 96 valence electrons. The van der Waals surface area contributed by atoms with E-state index in [4.69, 9.17) is 9.02 Å². The fourth-order valence-electron chi connectivity index (χ4n) is 1.11. The number of hydroxylamine groups is 1. The standard InChI is InChI=1S/C7H15NO6S2/c1-3-15(9,10)8-5-7(6-13-8)14-16(11,12)4-2/h7H,3-6H2,1-2H3. The Morgan fingerprint density at radius 3 is 2.38 bits per heavy atom. The third-order valence-electron chi connectivity index (χ3n) is 2.07. The van der Waals surface area contributed by atoms with Crippen molar-refractivity contribution >= 4 is 20.1 Å². The second-order valence-corrected chi connectivity index (χ2v) is 7.28. The highest BCUT2D eigenvalue weighted by Crippen LogP contribution is 2.15. The van der Waals surface area contributed by atoms with E-state index >= 15 is 0 Å². The molecular formula is C7H15NO6S2. The van der Waals surface area contributed by atoms with Crippen LogP contribution in [0.5, 0.6) is 0 Å². The molecule has 16 heavy (non-hydrogen) atoms. The average Bonchev–Trinajstić information content (AvgIpc) is 2.66. The van der Waals surface area contributed by atoms with E-state index in [2.05, 4.69) is 0 Å². The summed E-state index contributed by atoms with van der Waals surface area (Å²) in [6.07, 6.45) is -0.758. The van der Waals surface area contributed by atoms with E-state index in [0.29, 0.717) is 0 Å². The average molecular weight is 273 g/mol. The van der Waals surface area contributed by atoms with Crippen molar-refractivity contribution < 1.29 is 25.9 Å². The lowest BCUT2D eigenvalue weighted by Crippen LogP contribution is -2.31. The first-order chi connectivity index (χ1) is 7.30. The molecule has 0 bridgehead atoms. The van der Waals surface area contributed by atoms with E-state index in [1.165, 1.54) is 13.8 Å². The molecule has 1 atom stereocenters. The highest BCUT2D eigenvalue weighted by atomic mass is 32.2. The van der Waals surface area contributed by atoms with E-state index in [-0.39, 0.29) is 24.7 Å². The molecule has 1 fully saturated rings. The van der Waals surface area contributed by atoms with E-state index in [1.807, 2.05) is 0 Å². The highest BCUT2D eigenvalue weighted by Gasteiger charge is 2.34. The second kappa shape index (κ2) is 4.96. The van der Waals surface area contributed by atoms with Gasteiger partial charge in [0.1, 0.15) is 6.10 Å². The van der Waals surface area contributed by atoms with Crippen LogP contribution < -0.4 is 0 Å². The maximum Gasteiger partial charge on any atom is 0.267 e. The van der Waals surface area contributed by atoms with E-state index in [1.54, 1.807) is 0 Å². The number of rotatable bonds is 5. The van der Waals surface area contributed by atoms with Crippen molar-refractivity contribution in [3.05, 3.63) is 0 Å². The minimum absolute atomic E-state index is 0.0710. The molecule has 7 nitrogen and oxygen atoms in total. The van der Waals surface area contributed by atoms with Crippen LogP contribution in [-0.4, -0.2) is 52.1 Å². The fraction of sp³-hybridized carbons (Fsp3) is 1.00. The topological polar surface area (TPSA) is 90.0 Å². The monoisotopic (exact) mass is 273 g/mol. The van der Waals surface area contributed by atoms with Crippen LogP contribution >= 0.6 is 0 Å². The molecule has 1 aliphatic rings. The van der Waals surface area contributed by atoms with Crippen LogP contribution in [0.1, 0.15) is 13.8 Å². The van der Waals surface area contributed by atoms with Gasteiger partial charge in [0, 0.05) is 0 Å². The Labute approximate surface area is 95.5 Å². The summed E-state index contributed by atoms with van der Waals surface area (Å²) in [7, 11) is -7.04. The van der Waals surface area contributed by atoms with Gasteiger partial charge in [-0.05, 0) is 13.8 Å². The maximum absolute atomic E-state index is 11.4. The normalized spacial score (nSPS) is 23.8. The molecule has 1 unspecified atom stereocenters. The lowest BCUT2D eigenvalue weighted by molar-refractivity contribution is -0.0307. The SMILES string of the molecule is CCS(=O)(=O)OC1CON(S(=O)(=O)CC)C1. The first-order valence-corrected chi connectivity index (χ1v) is 8.03. The molecule has 0 aromatic rings. The molecule has 9 heteroatoms. The van der Waals surface area contributed by atoms with Crippen LogP contribution in [0, 0.1) is 0 Å². The van der Waals surface area contributed by atoms with Crippen molar-refractivity contribution in [2.75, 3.05) is 24.7 Å². The molecule has 0 saturated carbocycles. The van der Waals surface area contributed by atoms with Gasteiger partial charge >= 0.3 is 0 Å². The van der Waals surface area contributed by atoms with Crippen molar-refractivity contribution in [1.82, 2.24) is 4.47 Å². The largest absolute Gasteiger partial charge is 0.281 e. The Balaban J connectivity index is 2.61. The maximum atomic E-state index is 11.4. The van der Waals surface area contributed by atoms with Gasteiger partial charge in [-0.1, -0.05) is 4.47 Å². The molecule has 0 aromatic heterocycles. The Bertz CT molecular complexity index is 428. The van der Waals surface area contributed by atoms with Gasteiger partial charge in [-0.3, -0.25) is 9.02 Å². The third-order valence-corrected chi connectivity index (χ3v) is 4.95. The Kier molecular flexibility index (Phi) is 4.29. The van der Waals surface area contributed by atoms with Gasteiger partial charge < -0.3 is 0 Å². The predicted octanol–water partition coefficient (Wildman–Crippen LogP) is -0.682. The molecule has 1 saturated heterocycles. The molecule has 0 aromatic carbocycles. The molecule has 0 N–H and O–H groups in total. The fourth-order valence-corrected chi connectivity index (χ4v) is 2.68. The third kappa shape index (κ3) is 3.39. The van der Waals surface area contributed by atoms with Gasteiger partial charge in [0.05, 0.1) is 24.7 Å². The molecule has 0 radical (unpaired) electrons. The quantitative estimate of drug-likeness (QED) is 0.616. The molecule has 1 rings (SSSR count). The summed E-state index contributed by atoms with van der Waals surface area (Å²) < 4.78 is 50.6. The smallest absolute Gasteiger partial charge is 0.267 e. The lowest BCUT2D eigenvalue weighted by atomic mass is 10.4. The minimum atomic E-state index is -3.58. The second-order valence-electron chi connectivity index (χ2n) is 3.25. The van der Waals surface area contributed by atoms with Gasteiger partial charge in [0.15, 0.2) is 0 Å². The van der Waals surface area contributed by atoms with Crippen LogP contribution in [0.4, 0.5) is 0 Å². The lowest BCUT2D eigenvalue weighted by Gasteiger charge is -2.12. The predicted molar refractivity (Wildman–Crippen MR) is 56.5 cm³/mol. The summed E-state index contributed by atoms with van der Waals surface area (Å²) in [5.74, 6) is -0.246. The van der Waals surface area contributed by atoms with Crippen LogP contribution in [0.2, 0.25) is 0 Å². The molecule has 0 spiro atoms. The van der Waals surface area contributed by atoms with Crippen molar-refractivity contribution in [2.24, 2.45) is 0 Å². The van der Waals surface area contributed by atoms with Crippen molar-refractivity contribution in [1.29, 1.82) is 0 Å². The number of sulfonamides is 1. The summed E-state index contributed by atoms with van der Waals surface area (Å²) >= 11 is 0. The van der Waals surface area contributed by atoms with Crippen LogP contribution in [0.25, 0.3) is 0 Å². The number of hydrogen-bond donors (Lipinski definition) is 0. The van der Waals surface area contributed by atoms with Crippen LogP contribution in [0.15, 0.2) is 0 Å². The van der Waals surface area contributed by atoms with Crippen LogP contribution in [0.3, 0.4) is 0 Å². The zero-order valence-corrected chi connectivity index (χ0v) is 10.8. The van der Waals surface area contributed by atoms with Crippen molar-refractivity contribution in [3.63, 3.8) is 0 Å². The molecule has 0 amide bonds. The molecule has 1 heterocycles. The van der Waals surface area contributed by atoms with Gasteiger partial charge in [-0.25, -0.2) is 8.42 Å².